The predicted octanol–water partition coefficient (Wildman–Crippen LogP) is 4.24. The number of carbonyl (C=O) groups excluding carboxylic acids is 1. The summed E-state index contributed by atoms with van der Waals surface area (Å²) in [6.07, 6.45) is 2.32. The van der Waals surface area contributed by atoms with Crippen molar-refractivity contribution in [3.63, 3.8) is 0 Å². The second-order valence-corrected chi connectivity index (χ2v) is 7.22. The van der Waals surface area contributed by atoms with Crippen molar-refractivity contribution in [2.75, 3.05) is 26.5 Å². The molecule has 0 aromatic heterocycles. The molecule has 4 nitrogen and oxygen atoms in total. The third-order valence-corrected chi connectivity index (χ3v) is 5.04. The molecule has 140 valence electrons. The molecule has 0 aliphatic carbocycles. The van der Waals surface area contributed by atoms with Crippen molar-refractivity contribution < 1.29 is 14.3 Å². The number of methoxy groups -OCH3 is 2. The molecule has 26 heavy (non-hydrogen) atoms. The summed E-state index contributed by atoms with van der Waals surface area (Å²) in [4.78, 5) is 13.1. The van der Waals surface area contributed by atoms with E-state index in [9.17, 15) is 4.79 Å². The van der Waals surface area contributed by atoms with Gasteiger partial charge in [0, 0.05) is 23.6 Å². The second-order valence-electron chi connectivity index (χ2n) is 6.05. The minimum atomic E-state index is 0.108. The Morgan fingerprint density at radius 3 is 2.46 bits per heavy atom. The van der Waals surface area contributed by atoms with Gasteiger partial charge in [0.05, 0.1) is 14.2 Å². The number of carbonyl (C=O) groups is 1. The number of aryl methyl sites for hydroxylation is 2. The van der Waals surface area contributed by atoms with Crippen LogP contribution in [0.2, 0.25) is 0 Å². The maximum atomic E-state index is 11.9. The van der Waals surface area contributed by atoms with Crippen LogP contribution in [0, 0.1) is 6.92 Å². The van der Waals surface area contributed by atoms with Gasteiger partial charge in [-0.2, -0.15) is 0 Å². The van der Waals surface area contributed by atoms with Gasteiger partial charge in [0.15, 0.2) is 11.5 Å². The Hall–Kier alpha value is -2.14. The van der Waals surface area contributed by atoms with E-state index in [-0.39, 0.29) is 5.91 Å². The minimum Gasteiger partial charge on any atom is -0.493 e. The highest BCUT2D eigenvalue weighted by molar-refractivity contribution is 7.99. The molecule has 0 aliphatic rings. The standard InChI is InChI=1S/C21H27NO3S/c1-16-6-9-18(10-7-16)26-14-12-21(23)22-13-4-5-17-8-11-19(24-2)20(15-17)25-3/h6-11,15H,4-5,12-14H2,1-3H3,(H,22,23). The van der Waals surface area contributed by atoms with Crippen LogP contribution in [0.1, 0.15) is 24.0 Å². The third kappa shape index (κ3) is 6.64. The summed E-state index contributed by atoms with van der Waals surface area (Å²) < 4.78 is 10.6. The van der Waals surface area contributed by atoms with Gasteiger partial charge in [-0.1, -0.05) is 23.8 Å². The summed E-state index contributed by atoms with van der Waals surface area (Å²) in [6.45, 7) is 2.76. The van der Waals surface area contributed by atoms with Gasteiger partial charge in [-0.15, -0.1) is 11.8 Å². The van der Waals surface area contributed by atoms with E-state index in [1.165, 1.54) is 16.0 Å². The lowest BCUT2D eigenvalue weighted by molar-refractivity contribution is -0.120. The predicted molar refractivity (Wildman–Crippen MR) is 107 cm³/mol. The van der Waals surface area contributed by atoms with Gasteiger partial charge in [0.25, 0.3) is 0 Å². The highest BCUT2D eigenvalue weighted by Gasteiger charge is 2.05. The molecule has 0 spiro atoms. The zero-order chi connectivity index (χ0) is 18.8. The Labute approximate surface area is 160 Å². The number of nitrogens with one attached hydrogen (secondary N) is 1. The van der Waals surface area contributed by atoms with E-state index >= 15 is 0 Å². The van der Waals surface area contributed by atoms with Crippen LogP contribution in [0.5, 0.6) is 11.5 Å². The highest BCUT2D eigenvalue weighted by atomic mass is 32.2. The van der Waals surface area contributed by atoms with Crippen LogP contribution in [-0.4, -0.2) is 32.4 Å². The topological polar surface area (TPSA) is 47.6 Å². The number of hydrogen-bond acceptors (Lipinski definition) is 4. The van der Waals surface area contributed by atoms with Gasteiger partial charge < -0.3 is 14.8 Å². The molecule has 0 atom stereocenters. The van der Waals surface area contributed by atoms with E-state index in [2.05, 4.69) is 36.5 Å². The molecular weight excluding hydrogens is 346 g/mol. The molecule has 0 heterocycles. The molecule has 0 bridgehead atoms. The van der Waals surface area contributed by atoms with Crippen LogP contribution in [0.15, 0.2) is 47.4 Å². The summed E-state index contributed by atoms with van der Waals surface area (Å²) in [5, 5.41) is 2.99. The molecule has 0 fully saturated rings. The SMILES string of the molecule is COc1ccc(CCCNC(=O)CCSc2ccc(C)cc2)cc1OC. The summed E-state index contributed by atoms with van der Waals surface area (Å²) in [7, 11) is 3.26. The average molecular weight is 374 g/mol. The number of thioether (sulfide) groups is 1. The summed E-state index contributed by atoms with van der Waals surface area (Å²) in [5.74, 6) is 2.37. The molecule has 1 N–H and O–H groups in total. The lowest BCUT2D eigenvalue weighted by Crippen LogP contribution is -2.24. The van der Waals surface area contributed by atoms with E-state index in [0.29, 0.717) is 13.0 Å². The van der Waals surface area contributed by atoms with Crippen LogP contribution >= 0.6 is 11.8 Å². The lowest BCUT2D eigenvalue weighted by atomic mass is 10.1. The van der Waals surface area contributed by atoms with Gasteiger partial charge in [-0.05, 0) is 49.6 Å². The fraction of sp³-hybridized carbons (Fsp3) is 0.381. The number of hydrogen-bond donors (Lipinski definition) is 1. The van der Waals surface area contributed by atoms with Gasteiger partial charge in [0.1, 0.15) is 0 Å². The molecule has 0 saturated carbocycles. The molecular formula is C21H27NO3S. The van der Waals surface area contributed by atoms with Crippen molar-refractivity contribution in [1.29, 1.82) is 0 Å². The monoisotopic (exact) mass is 373 g/mol. The maximum absolute atomic E-state index is 11.9. The molecule has 0 radical (unpaired) electrons. The van der Waals surface area contributed by atoms with Crippen LogP contribution in [-0.2, 0) is 11.2 Å². The Kier molecular flexibility index (Phi) is 8.35. The summed E-state index contributed by atoms with van der Waals surface area (Å²) in [6, 6.07) is 14.3. The Balaban J connectivity index is 1.63. The van der Waals surface area contributed by atoms with Gasteiger partial charge in [-0.3, -0.25) is 4.79 Å². The number of amides is 1. The quantitative estimate of drug-likeness (QED) is 0.500. The summed E-state index contributed by atoms with van der Waals surface area (Å²) in [5.41, 5.74) is 2.42. The fourth-order valence-corrected chi connectivity index (χ4v) is 3.39. The van der Waals surface area contributed by atoms with Crippen LogP contribution in [0.25, 0.3) is 0 Å². The zero-order valence-electron chi connectivity index (χ0n) is 15.7. The van der Waals surface area contributed by atoms with E-state index in [4.69, 9.17) is 9.47 Å². The number of benzene rings is 2. The van der Waals surface area contributed by atoms with Gasteiger partial charge >= 0.3 is 0 Å². The average Bonchev–Trinajstić information content (AvgIpc) is 2.66. The molecule has 0 saturated heterocycles. The first-order valence-corrected chi connectivity index (χ1v) is 9.78. The highest BCUT2D eigenvalue weighted by Crippen LogP contribution is 2.27. The minimum absolute atomic E-state index is 0.108. The first kappa shape index (κ1) is 20.2. The first-order valence-electron chi connectivity index (χ1n) is 8.79. The van der Waals surface area contributed by atoms with Crippen molar-refractivity contribution in [2.45, 2.75) is 31.1 Å². The summed E-state index contributed by atoms with van der Waals surface area (Å²) >= 11 is 1.71. The molecule has 2 aromatic rings. The molecule has 0 aliphatic heterocycles. The van der Waals surface area contributed by atoms with Crippen LogP contribution in [0.3, 0.4) is 0 Å². The van der Waals surface area contributed by atoms with Crippen molar-refractivity contribution in [2.24, 2.45) is 0 Å². The number of ether oxygens (including phenoxy) is 2. The molecule has 1 amide bonds. The Morgan fingerprint density at radius 2 is 1.77 bits per heavy atom. The number of rotatable bonds is 10. The maximum Gasteiger partial charge on any atom is 0.220 e. The molecule has 0 unspecified atom stereocenters. The zero-order valence-corrected chi connectivity index (χ0v) is 16.5. The Bertz CT molecular complexity index is 701. The van der Waals surface area contributed by atoms with E-state index in [1.807, 2.05) is 18.2 Å². The molecule has 2 aromatic carbocycles. The molecule has 2 rings (SSSR count). The van der Waals surface area contributed by atoms with E-state index in [1.54, 1.807) is 26.0 Å². The van der Waals surface area contributed by atoms with Crippen molar-refractivity contribution in [3.8, 4) is 11.5 Å². The van der Waals surface area contributed by atoms with Crippen molar-refractivity contribution in [1.82, 2.24) is 5.32 Å². The lowest BCUT2D eigenvalue weighted by Gasteiger charge is -2.10. The van der Waals surface area contributed by atoms with E-state index < -0.39 is 0 Å². The van der Waals surface area contributed by atoms with Crippen molar-refractivity contribution >= 4 is 17.7 Å². The largest absolute Gasteiger partial charge is 0.493 e. The normalized spacial score (nSPS) is 10.4. The van der Waals surface area contributed by atoms with Gasteiger partial charge in [0.2, 0.25) is 5.91 Å². The second kappa shape index (κ2) is 10.8. The Morgan fingerprint density at radius 1 is 1.04 bits per heavy atom. The van der Waals surface area contributed by atoms with Crippen LogP contribution in [0.4, 0.5) is 0 Å². The van der Waals surface area contributed by atoms with Gasteiger partial charge in [-0.25, -0.2) is 0 Å². The van der Waals surface area contributed by atoms with E-state index in [0.717, 1.165) is 30.1 Å². The van der Waals surface area contributed by atoms with Crippen molar-refractivity contribution in [3.05, 3.63) is 53.6 Å². The van der Waals surface area contributed by atoms with Crippen LogP contribution < -0.4 is 14.8 Å². The molecule has 5 heteroatoms. The third-order valence-electron chi connectivity index (χ3n) is 4.03. The fourth-order valence-electron chi connectivity index (χ4n) is 2.54. The smallest absolute Gasteiger partial charge is 0.220 e. The first-order chi connectivity index (χ1) is 12.6.